The molecule has 36 heavy (non-hydrogen) atoms. The fourth-order valence-corrected chi connectivity index (χ4v) is 6.63. The third-order valence-electron chi connectivity index (χ3n) is 6.87. The molecular weight excluding hydrogens is 480 g/mol. The maximum Gasteiger partial charge on any atom is 0.264 e. The van der Waals surface area contributed by atoms with E-state index < -0.39 is 20.5 Å². The molecule has 2 aromatic carbocycles. The minimum Gasteiger partial charge on any atom is -0.494 e. The first kappa shape index (κ1) is 27.8. The predicted molar refractivity (Wildman–Crippen MR) is 138 cm³/mol. The predicted octanol–water partition coefficient (Wildman–Crippen LogP) is 4.94. The van der Waals surface area contributed by atoms with Crippen molar-refractivity contribution < 1.29 is 22.7 Å². The summed E-state index contributed by atoms with van der Waals surface area (Å²) in [6, 6.07) is 14.7. The minimum atomic E-state index is -4.07. The number of amides is 1. The molecule has 1 saturated heterocycles. The van der Waals surface area contributed by atoms with Crippen molar-refractivity contribution in [2.24, 2.45) is 5.29 Å². The van der Waals surface area contributed by atoms with Gasteiger partial charge in [0.25, 0.3) is 5.91 Å². The first-order valence-corrected chi connectivity index (χ1v) is 14.2. The van der Waals surface area contributed by atoms with E-state index >= 15 is 0 Å². The van der Waals surface area contributed by atoms with Crippen molar-refractivity contribution in [3.05, 3.63) is 64.6 Å². The number of nitrogens with one attached hydrogen (secondary N) is 1. The second-order valence-electron chi connectivity index (χ2n) is 9.10. The molecule has 0 radical (unpaired) electrons. The molecule has 1 N–H and O–H groups in total. The van der Waals surface area contributed by atoms with Crippen LogP contribution in [0.3, 0.4) is 0 Å². The molecule has 3 rings (SSSR count). The SMILES string of the molecule is CCc1ccccc1CCCCCCCOc1ccc(S(=O)(=O)C2(C(=O)NN=O)CCOCC2)cc1. The van der Waals surface area contributed by atoms with Gasteiger partial charge in [0.05, 0.1) is 16.8 Å². The van der Waals surface area contributed by atoms with Gasteiger partial charge in [-0.05, 0) is 73.9 Å². The topological polar surface area (TPSA) is 111 Å². The average molecular weight is 517 g/mol. The van der Waals surface area contributed by atoms with Crippen molar-refractivity contribution in [1.29, 1.82) is 0 Å². The number of carbonyl (C=O) groups is 1. The number of hydrogen-bond acceptors (Lipinski definition) is 7. The quantitative estimate of drug-likeness (QED) is 0.216. The molecular formula is C27H36N2O6S. The Morgan fingerprint density at radius 3 is 2.28 bits per heavy atom. The minimum absolute atomic E-state index is 0.00226. The normalized spacial score (nSPS) is 15.2. The molecule has 0 bridgehead atoms. The third-order valence-corrected chi connectivity index (χ3v) is 9.38. The smallest absolute Gasteiger partial charge is 0.264 e. The Morgan fingerprint density at radius 1 is 0.972 bits per heavy atom. The molecule has 1 aliphatic rings. The number of benzene rings is 2. The Morgan fingerprint density at radius 2 is 1.61 bits per heavy atom. The zero-order valence-corrected chi connectivity index (χ0v) is 21.7. The summed E-state index contributed by atoms with van der Waals surface area (Å²) < 4.78 is 35.9. The third kappa shape index (κ3) is 6.70. The van der Waals surface area contributed by atoms with Crippen molar-refractivity contribution >= 4 is 15.7 Å². The maximum absolute atomic E-state index is 13.3. The number of sulfone groups is 1. The van der Waals surface area contributed by atoms with E-state index in [4.69, 9.17) is 9.47 Å². The number of unbranched alkanes of at least 4 members (excludes halogenated alkanes) is 4. The number of hydrogen-bond donors (Lipinski definition) is 1. The molecule has 0 spiro atoms. The van der Waals surface area contributed by atoms with Crippen LogP contribution < -0.4 is 10.2 Å². The molecule has 1 heterocycles. The number of aryl methyl sites for hydroxylation is 2. The zero-order chi connectivity index (χ0) is 25.9. The first-order chi connectivity index (χ1) is 17.4. The Balaban J connectivity index is 1.44. The molecule has 0 unspecified atom stereocenters. The molecule has 0 aliphatic carbocycles. The molecule has 196 valence electrons. The van der Waals surface area contributed by atoms with E-state index in [9.17, 15) is 18.1 Å². The van der Waals surface area contributed by atoms with Gasteiger partial charge in [0.2, 0.25) is 0 Å². The average Bonchev–Trinajstić information content (AvgIpc) is 2.91. The summed E-state index contributed by atoms with van der Waals surface area (Å²) in [7, 11) is -4.07. The summed E-state index contributed by atoms with van der Waals surface area (Å²) in [5.74, 6) is -0.346. The van der Waals surface area contributed by atoms with Crippen molar-refractivity contribution in [2.75, 3.05) is 19.8 Å². The summed E-state index contributed by atoms with van der Waals surface area (Å²) in [4.78, 5) is 23.1. The van der Waals surface area contributed by atoms with E-state index in [1.54, 1.807) is 17.6 Å². The van der Waals surface area contributed by atoms with Gasteiger partial charge in [-0.15, -0.1) is 4.91 Å². The maximum atomic E-state index is 13.3. The van der Waals surface area contributed by atoms with Gasteiger partial charge < -0.3 is 9.47 Å². The van der Waals surface area contributed by atoms with Crippen molar-refractivity contribution in [3.63, 3.8) is 0 Å². The molecule has 1 fully saturated rings. The van der Waals surface area contributed by atoms with Crippen molar-refractivity contribution in [3.8, 4) is 5.75 Å². The number of ether oxygens (including phenoxy) is 2. The molecule has 2 aromatic rings. The number of carbonyl (C=O) groups excluding carboxylic acids is 1. The summed E-state index contributed by atoms with van der Waals surface area (Å²) in [5, 5.41) is 2.39. The zero-order valence-electron chi connectivity index (χ0n) is 20.9. The summed E-state index contributed by atoms with van der Waals surface area (Å²) >= 11 is 0. The molecule has 0 aromatic heterocycles. The lowest BCUT2D eigenvalue weighted by molar-refractivity contribution is -0.126. The molecule has 1 amide bonds. The van der Waals surface area contributed by atoms with E-state index in [0.29, 0.717) is 12.4 Å². The molecule has 1 aliphatic heterocycles. The van der Waals surface area contributed by atoms with E-state index in [0.717, 1.165) is 32.1 Å². The summed E-state index contributed by atoms with van der Waals surface area (Å²) in [6.07, 6.45) is 7.63. The number of rotatable bonds is 14. The van der Waals surface area contributed by atoms with Gasteiger partial charge in [-0.3, -0.25) is 4.79 Å². The van der Waals surface area contributed by atoms with Crippen LogP contribution in [0.15, 0.2) is 58.7 Å². The van der Waals surface area contributed by atoms with Gasteiger partial charge in [-0.1, -0.05) is 50.5 Å². The highest BCUT2D eigenvalue weighted by molar-refractivity contribution is 7.93. The number of nitroso groups, excluding NO2 is 1. The van der Waals surface area contributed by atoms with Crippen LogP contribution in [-0.2, 0) is 32.2 Å². The largest absolute Gasteiger partial charge is 0.494 e. The van der Waals surface area contributed by atoms with E-state index in [1.165, 1.54) is 36.1 Å². The number of nitrogens with zero attached hydrogens (tertiary/aromatic N) is 1. The molecule has 9 heteroatoms. The molecule has 0 atom stereocenters. The second kappa shape index (κ2) is 13.5. The second-order valence-corrected chi connectivity index (χ2v) is 11.4. The lowest BCUT2D eigenvalue weighted by Crippen LogP contribution is -2.54. The first-order valence-electron chi connectivity index (χ1n) is 12.7. The Hall–Kier alpha value is -2.78. The van der Waals surface area contributed by atoms with Gasteiger partial charge in [-0.2, -0.15) is 0 Å². The van der Waals surface area contributed by atoms with Gasteiger partial charge in [0.15, 0.2) is 14.6 Å². The van der Waals surface area contributed by atoms with E-state index in [1.807, 2.05) is 0 Å². The van der Waals surface area contributed by atoms with Crippen LogP contribution in [0, 0.1) is 4.91 Å². The van der Waals surface area contributed by atoms with Crippen LogP contribution in [0.1, 0.15) is 63.0 Å². The van der Waals surface area contributed by atoms with Crippen LogP contribution in [0.2, 0.25) is 0 Å². The standard InChI is InChI=1S/C27H36N2O6S/c1-2-22-10-7-8-12-23(22)11-6-4-3-5-9-19-35-24-13-15-25(16-14-24)36(32,33)27(26(30)28-29-31)17-20-34-21-18-27/h7-8,10,12-16H,2-6,9,11,17-21H2,1H3,(H,28,30,31). The Bertz CT molecular complexity index is 1100. The van der Waals surface area contributed by atoms with E-state index in [2.05, 4.69) is 36.5 Å². The molecule has 8 nitrogen and oxygen atoms in total. The van der Waals surface area contributed by atoms with Gasteiger partial charge in [-0.25, -0.2) is 13.8 Å². The van der Waals surface area contributed by atoms with Crippen molar-refractivity contribution in [2.45, 2.75) is 74.4 Å². The van der Waals surface area contributed by atoms with Gasteiger partial charge >= 0.3 is 0 Å². The molecule has 0 saturated carbocycles. The van der Waals surface area contributed by atoms with Crippen LogP contribution in [0.4, 0.5) is 0 Å². The summed E-state index contributed by atoms with van der Waals surface area (Å²) in [5.41, 5.74) is 4.68. The van der Waals surface area contributed by atoms with Crippen LogP contribution in [0.5, 0.6) is 5.75 Å². The van der Waals surface area contributed by atoms with Crippen LogP contribution in [-0.4, -0.2) is 38.9 Å². The highest BCUT2D eigenvalue weighted by Gasteiger charge is 2.52. The van der Waals surface area contributed by atoms with Crippen LogP contribution in [0.25, 0.3) is 0 Å². The van der Waals surface area contributed by atoms with Gasteiger partial charge in [0.1, 0.15) is 5.75 Å². The van der Waals surface area contributed by atoms with Crippen LogP contribution >= 0.6 is 0 Å². The Labute approximate surface area is 213 Å². The van der Waals surface area contributed by atoms with Gasteiger partial charge in [0, 0.05) is 13.2 Å². The lowest BCUT2D eigenvalue weighted by atomic mass is 9.98. The Kier molecular flexibility index (Phi) is 10.4. The van der Waals surface area contributed by atoms with Crippen molar-refractivity contribution in [1.82, 2.24) is 5.43 Å². The lowest BCUT2D eigenvalue weighted by Gasteiger charge is -2.34. The fourth-order valence-electron chi connectivity index (χ4n) is 4.69. The highest BCUT2D eigenvalue weighted by Crippen LogP contribution is 2.36. The van der Waals surface area contributed by atoms with E-state index in [-0.39, 0.29) is 31.0 Å². The monoisotopic (exact) mass is 516 g/mol. The summed E-state index contributed by atoms with van der Waals surface area (Å²) in [6.45, 7) is 2.97. The highest BCUT2D eigenvalue weighted by atomic mass is 32.2. The fraction of sp³-hybridized carbons (Fsp3) is 0.519.